The topological polar surface area (TPSA) is 32.3 Å². The number of rotatable bonds is 4. The smallest absolute Gasteiger partial charge is 0.251 e. The van der Waals surface area contributed by atoms with Crippen LogP contribution >= 0.6 is 0 Å². The molecule has 1 heterocycles. The minimum atomic E-state index is 0.0259. The molecule has 2 aromatic rings. The van der Waals surface area contributed by atoms with Crippen molar-refractivity contribution in [2.45, 2.75) is 25.8 Å². The summed E-state index contributed by atoms with van der Waals surface area (Å²) in [6.07, 6.45) is 2.31. The highest BCUT2D eigenvalue weighted by Gasteiger charge is 2.25. The lowest BCUT2D eigenvalue weighted by atomic mass is 10.1. The molecule has 0 aromatic heterocycles. The Bertz CT molecular complexity index is 639. The van der Waals surface area contributed by atoms with Gasteiger partial charge < -0.3 is 10.2 Å². The quantitative estimate of drug-likeness (QED) is 0.937. The zero-order valence-electron chi connectivity index (χ0n) is 13.0. The summed E-state index contributed by atoms with van der Waals surface area (Å²) in [6.45, 7) is 3.73. The van der Waals surface area contributed by atoms with E-state index >= 15 is 0 Å². The first-order valence-corrected chi connectivity index (χ1v) is 7.91. The van der Waals surface area contributed by atoms with Crippen molar-refractivity contribution >= 4 is 11.6 Å². The van der Waals surface area contributed by atoms with Crippen molar-refractivity contribution in [3.63, 3.8) is 0 Å². The second-order valence-corrected chi connectivity index (χ2v) is 5.85. The molecule has 1 aliphatic heterocycles. The number of carbonyl (C=O) groups excluding carboxylic acids is 1. The SMILES string of the molecule is Cc1ccccc1C(=O)NCC1CCCN1c1ccccc1. The van der Waals surface area contributed by atoms with Crippen LogP contribution in [0.2, 0.25) is 0 Å². The molecule has 0 radical (unpaired) electrons. The van der Waals surface area contributed by atoms with Gasteiger partial charge in [-0.2, -0.15) is 0 Å². The molecule has 1 unspecified atom stereocenters. The predicted octanol–water partition coefficient (Wildman–Crippen LogP) is 3.39. The molecule has 1 amide bonds. The van der Waals surface area contributed by atoms with Crippen molar-refractivity contribution < 1.29 is 4.79 Å². The van der Waals surface area contributed by atoms with E-state index < -0.39 is 0 Å². The maximum absolute atomic E-state index is 12.3. The number of carbonyl (C=O) groups is 1. The molecule has 1 N–H and O–H groups in total. The van der Waals surface area contributed by atoms with Gasteiger partial charge in [0.05, 0.1) is 0 Å². The molecule has 3 heteroatoms. The van der Waals surface area contributed by atoms with Crippen LogP contribution in [0.25, 0.3) is 0 Å². The largest absolute Gasteiger partial charge is 0.367 e. The van der Waals surface area contributed by atoms with Crippen LogP contribution in [0.4, 0.5) is 5.69 Å². The van der Waals surface area contributed by atoms with E-state index in [0.717, 1.165) is 24.1 Å². The van der Waals surface area contributed by atoms with Crippen LogP contribution in [0.5, 0.6) is 0 Å². The molecular formula is C19H22N2O. The standard InChI is InChI=1S/C19H22N2O/c1-15-8-5-6-12-18(15)19(22)20-14-17-11-7-13-21(17)16-9-3-2-4-10-16/h2-6,8-10,12,17H,7,11,13-14H2,1H3,(H,20,22). The third-order valence-electron chi connectivity index (χ3n) is 4.35. The number of para-hydroxylation sites is 1. The zero-order chi connectivity index (χ0) is 15.4. The van der Waals surface area contributed by atoms with Gasteiger partial charge in [-0.3, -0.25) is 4.79 Å². The van der Waals surface area contributed by atoms with Crippen LogP contribution in [0.1, 0.15) is 28.8 Å². The summed E-state index contributed by atoms with van der Waals surface area (Å²) < 4.78 is 0. The zero-order valence-corrected chi connectivity index (χ0v) is 13.0. The van der Waals surface area contributed by atoms with Gasteiger partial charge in [0.15, 0.2) is 0 Å². The van der Waals surface area contributed by atoms with Crippen molar-refractivity contribution in [1.29, 1.82) is 0 Å². The lowest BCUT2D eigenvalue weighted by Gasteiger charge is -2.27. The molecule has 114 valence electrons. The third-order valence-corrected chi connectivity index (χ3v) is 4.35. The highest BCUT2D eigenvalue weighted by atomic mass is 16.1. The van der Waals surface area contributed by atoms with Gasteiger partial charge >= 0.3 is 0 Å². The predicted molar refractivity (Wildman–Crippen MR) is 90.3 cm³/mol. The van der Waals surface area contributed by atoms with Crippen LogP contribution in [0.3, 0.4) is 0 Å². The van der Waals surface area contributed by atoms with Crippen LogP contribution < -0.4 is 10.2 Å². The van der Waals surface area contributed by atoms with Crippen molar-refractivity contribution in [1.82, 2.24) is 5.32 Å². The average Bonchev–Trinajstić information content (AvgIpc) is 3.02. The van der Waals surface area contributed by atoms with Crippen LogP contribution in [-0.4, -0.2) is 25.0 Å². The molecule has 3 rings (SSSR count). The van der Waals surface area contributed by atoms with Gasteiger partial charge in [0, 0.05) is 30.4 Å². The van der Waals surface area contributed by atoms with Crippen molar-refractivity contribution in [3.8, 4) is 0 Å². The number of nitrogens with one attached hydrogen (secondary N) is 1. The van der Waals surface area contributed by atoms with Gasteiger partial charge in [-0.15, -0.1) is 0 Å². The highest BCUT2D eigenvalue weighted by molar-refractivity contribution is 5.95. The van der Waals surface area contributed by atoms with Crippen LogP contribution in [-0.2, 0) is 0 Å². The number of nitrogens with zero attached hydrogens (tertiary/aromatic N) is 1. The lowest BCUT2D eigenvalue weighted by Crippen LogP contribution is -2.40. The van der Waals surface area contributed by atoms with E-state index in [0.29, 0.717) is 12.6 Å². The molecule has 0 spiro atoms. The summed E-state index contributed by atoms with van der Waals surface area (Å²) in [5.41, 5.74) is 3.04. The second-order valence-electron chi connectivity index (χ2n) is 5.85. The fourth-order valence-electron chi connectivity index (χ4n) is 3.14. The molecule has 2 aromatic carbocycles. The molecule has 0 bridgehead atoms. The lowest BCUT2D eigenvalue weighted by molar-refractivity contribution is 0.0950. The molecule has 0 saturated carbocycles. The Hall–Kier alpha value is -2.29. The monoisotopic (exact) mass is 294 g/mol. The number of anilines is 1. The molecule has 22 heavy (non-hydrogen) atoms. The summed E-state index contributed by atoms with van der Waals surface area (Å²) in [5, 5.41) is 3.10. The number of hydrogen-bond donors (Lipinski definition) is 1. The van der Waals surface area contributed by atoms with Gasteiger partial charge in [-0.1, -0.05) is 36.4 Å². The Morgan fingerprint density at radius 2 is 1.86 bits per heavy atom. The minimum absolute atomic E-state index is 0.0259. The first-order valence-electron chi connectivity index (χ1n) is 7.91. The Labute approximate surface area is 132 Å². The van der Waals surface area contributed by atoms with E-state index in [1.807, 2.05) is 37.3 Å². The van der Waals surface area contributed by atoms with Gasteiger partial charge in [0.25, 0.3) is 5.91 Å². The van der Waals surface area contributed by atoms with Crippen molar-refractivity contribution in [2.24, 2.45) is 0 Å². The van der Waals surface area contributed by atoms with E-state index in [-0.39, 0.29) is 5.91 Å². The van der Waals surface area contributed by atoms with Crippen LogP contribution in [0, 0.1) is 6.92 Å². The van der Waals surface area contributed by atoms with Gasteiger partial charge in [0.2, 0.25) is 0 Å². The average molecular weight is 294 g/mol. The van der Waals surface area contributed by atoms with Gasteiger partial charge in [-0.05, 0) is 43.5 Å². The number of amides is 1. The van der Waals surface area contributed by atoms with E-state index in [1.54, 1.807) is 0 Å². The summed E-state index contributed by atoms with van der Waals surface area (Å²) in [4.78, 5) is 14.7. The fourth-order valence-corrected chi connectivity index (χ4v) is 3.14. The third kappa shape index (κ3) is 3.14. The molecular weight excluding hydrogens is 272 g/mol. The maximum atomic E-state index is 12.3. The van der Waals surface area contributed by atoms with Gasteiger partial charge in [-0.25, -0.2) is 0 Å². The normalized spacial score (nSPS) is 17.5. The molecule has 1 aliphatic rings. The molecule has 0 aliphatic carbocycles. The number of aryl methyl sites for hydroxylation is 1. The van der Waals surface area contributed by atoms with Gasteiger partial charge in [0.1, 0.15) is 0 Å². The summed E-state index contributed by atoms with van der Waals surface area (Å²) in [5.74, 6) is 0.0259. The first kappa shape index (κ1) is 14.6. The van der Waals surface area contributed by atoms with Crippen molar-refractivity contribution in [2.75, 3.05) is 18.0 Å². The molecule has 1 fully saturated rings. The summed E-state index contributed by atoms with van der Waals surface area (Å²) in [7, 11) is 0. The minimum Gasteiger partial charge on any atom is -0.367 e. The second kappa shape index (κ2) is 6.65. The van der Waals surface area contributed by atoms with E-state index in [1.165, 1.54) is 12.1 Å². The Morgan fingerprint density at radius 3 is 2.64 bits per heavy atom. The first-order chi connectivity index (χ1) is 10.8. The molecule has 3 nitrogen and oxygen atoms in total. The summed E-state index contributed by atoms with van der Waals surface area (Å²) >= 11 is 0. The van der Waals surface area contributed by atoms with Crippen LogP contribution in [0.15, 0.2) is 54.6 Å². The van der Waals surface area contributed by atoms with E-state index in [9.17, 15) is 4.79 Å². The number of hydrogen-bond acceptors (Lipinski definition) is 2. The fraction of sp³-hybridized carbons (Fsp3) is 0.316. The highest BCUT2D eigenvalue weighted by Crippen LogP contribution is 2.24. The Kier molecular flexibility index (Phi) is 4.42. The Balaban J connectivity index is 1.64. The van der Waals surface area contributed by atoms with E-state index in [4.69, 9.17) is 0 Å². The van der Waals surface area contributed by atoms with E-state index in [2.05, 4.69) is 34.5 Å². The van der Waals surface area contributed by atoms with Crippen molar-refractivity contribution in [3.05, 3.63) is 65.7 Å². The Morgan fingerprint density at radius 1 is 1.14 bits per heavy atom. The molecule has 1 saturated heterocycles. The maximum Gasteiger partial charge on any atom is 0.251 e. The summed E-state index contributed by atoms with van der Waals surface area (Å²) in [6, 6.07) is 18.6. The molecule has 1 atom stereocenters. The number of benzene rings is 2.